The fraction of sp³-hybridized carbons (Fsp3) is 0.615. The van der Waals surface area contributed by atoms with E-state index in [1.54, 1.807) is 39.6 Å². The van der Waals surface area contributed by atoms with E-state index in [4.69, 9.17) is 13.3 Å². The highest BCUT2D eigenvalue weighted by Crippen LogP contribution is 2.49. The van der Waals surface area contributed by atoms with E-state index in [-0.39, 0.29) is 0 Å². The molecule has 0 aromatic carbocycles. The number of hydrogen-bond acceptors (Lipinski definition) is 5. The van der Waals surface area contributed by atoms with Crippen molar-refractivity contribution in [2.45, 2.75) is 24.3 Å². The van der Waals surface area contributed by atoms with Gasteiger partial charge in [-0.2, -0.15) is 0 Å². The molecule has 0 rings (SSSR count). The molecule has 0 aliphatic carbocycles. The van der Waals surface area contributed by atoms with Gasteiger partial charge in [-0.05, 0) is 19.3 Å². The fourth-order valence-corrected chi connectivity index (χ4v) is 5.46. The van der Waals surface area contributed by atoms with Crippen LogP contribution in [-0.2, 0) is 18.1 Å². The van der Waals surface area contributed by atoms with Crippen molar-refractivity contribution in [3.63, 3.8) is 0 Å². The first-order valence-corrected chi connectivity index (χ1v) is 7.75. The highest BCUT2D eigenvalue weighted by atomic mass is 28.4. The molecule has 0 saturated carbocycles. The lowest BCUT2D eigenvalue weighted by Crippen LogP contribution is -2.54. The van der Waals surface area contributed by atoms with Crippen LogP contribution >= 0.6 is 0 Å². The maximum Gasteiger partial charge on any atom is 0.507 e. The zero-order valence-electron chi connectivity index (χ0n) is 12.0. The first kappa shape index (κ1) is 18.0. The predicted molar refractivity (Wildman–Crippen MR) is 76.7 cm³/mol. The van der Waals surface area contributed by atoms with Crippen LogP contribution in [0.5, 0.6) is 0 Å². The van der Waals surface area contributed by atoms with Crippen molar-refractivity contribution in [3.8, 4) is 0 Å². The van der Waals surface area contributed by atoms with Crippen LogP contribution in [0.15, 0.2) is 30.3 Å². The van der Waals surface area contributed by atoms with Crippen molar-refractivity contribution in [1.82, 2.24) is 0 Å². The van der Waals surface area contributed by atoms with E-state index < -0.39 is 13.8 Å². The standard InChI is InChI=1S/C13H23NO4Si/c1-6-8-13(9-7-2,10-11-14-12-15)19(16-3,17-4)18-5/h6-7H,1-2,8-11H2,3-5H3. The van der Waals surface area contributed by atoms with Crippen LogP contribution in [0, 0.1) is 0 Å². The Balaban J connectivity index is 5.55. The van der Waals surface area contributed by atoms with Crippen LogP contribution in [0.1, 0.15) is 19.3 Å². The minimum absolute atomic E-state index is 0.343. The van der Waals surface area contributed by atoms with E-state index in [1.165, 1.54) is 0 Å². The monoisotopic (exact) mass is 285 g/mol. The lowest BCUT2D eigenvalue weighted by Gasteiger charge is -2.42. The molecule has 19 heavy (non-hydrogen) atoms. The minimum Gasteiger partial charge on any atom is -0.376 e. The zero-order valence-corrected chi connectivity index (χ0v) is 13.0. The summed E-state index contributed by atoms with van der Waals surface area (Å²) in [5.41, 5.74) is 0. The highest BCUT2D eigenvalue weighted by Gasteiger charge is 2.57. The van der Waals surface area contributed by atoms with Gasteiger partial charge in [0.1, 0.15) is 0 Å². The molecule has 0 spiro atoms. The molecule has 0 aromatic heterocycles. The molecule has 0 fully saturated rings. The molecular formula is C13H23NO4Si. The maximum atomic E-state index is 10.3. The summed E-state index contributed by atoms with van der Waals surface area (Å²) >= 11 is 0. The van der Waals surface area contributed by atoms with Crippen molar-refractivity contribution in [2.75, 3.05) is 27.9 Å². The van der Waals surface area contributed by atoms with Crippen molar-refractivity contribution in [1.29, 1.82) is 0 Å². The van der Waals surface area contributed by atoms with Crippen molar-refractivity contribution in [2.24, 2.45) is 4.99 Å². The van der Waals surface area contributed by atoms with Gasteiger partial charge in [0.25, 0.3) is 0 Å². The summed E-state index contributed by atoms with van der Waals surface area (Å²) in [6.07, 6.45) is 7.00. The zero-order chi connectivity index (χ0) is 14.8. The van der Waals surface area contributed by atoms with E-state index in [0.717, 1.165) is 0 Å². The Labute approximate surface area is 116 Å². The molecule has 0 aliphatic rings. The lowest BCUT2D eigenvalue weighted by atomic mass is 9.96. The Kier molecular flexibility index (Phi) is 8.46. The van der Waals surface area contributed by atoms with Gasteiger partial charge in [-0.1, -0.05) is 12.2 Å². The quantitative estimate of drug-likeness (QED) is 0.253. The number of isocyanates is 1. The number of rotatable bonds is 11. The lowest BCUT2D eigenvalue weighted by molar-refractivity contribution is 0.0864. The number of hydrogen-bond donors (Lipinski definition) is 0. The molecule has 6 heteroatoms. The van der Waals surface area contributed by atoms with E-state index in [9.17, 15) is 4.79 Å². The summed E-state index contributed by atoms with van der Waals surface area (Å²) in [5, 5.41) is -0.422. The molecule has 0 saturated heterocycles. The number of nitrogens with zero attached hydrogens (tertiary/aromatic N) is 1. The Morgan fingerprint density at radius 3 is 1.95 bits per heavy atom. The number of carbonyl (C=O) groups excluding carboxylic acids is 1. The topological polar surface area (TPSA) is 57.1 Å². The molecule has 0 radical (unpaired) electrons. The molecule has 0 heterocycles. The molecule has 0 atom stereocenters. The molecular weight excluding hydrogens is 262 g/mol. The molecule has 108 valence electrons. The highest BCUT2D eigenvalue weighted by molar-refractivity contribution is 6.64. The smallest absolute Gasteiger partial charge is 0.376 e. The van der Waals surface area contributed by atoms with Gasteiger partial charge >= 0.3 is 8.80 Å². The van der Waals surface area contributed by atoms with Crippen molar-refractivity contribution < 1.29 is 18.1 Å². The van der Waals surface area contributed by atoms with Gasteiger partial charge in [0, 0.05) is 26.4 Å². The van der Waals surface area contributed by atoms with Gasteiger partial charge in [0.2, 0.25) is 6.08 Å². The maximum absolute atomic E-state index is 10.3. The second-order valence-corrected chi connectivity index (χ2v) is 7.56. The van der Waals surface area contributed by atoms with Gasteiger partial charge in [0.05, 0.1) is 6.54 Å². The first-order valence-electron chi connectivity index (χ1n) is 6.02. The average Bonchev–Trinajstić information content (AvgIpc) is 2.42. The van der Waals surface area contributed by atoms with Gasteiger partial charge in [0.15, 0.2) is 0 Å². The van der Waals surface area contributed by atoms with E-state index in [0.29, 0.717) is 25.8 Å². The molecule has 5 nitrogen and oxygen atoms in total. The van der Waals surface area contributed by atoms with Crippen LogP contribution in [0.4, 0.5) is 0 Å². The molecule has 0 aliphatic heterocycles. The molecule has 0 unspecified atom stereocenters. The molecule has 0 N–H and O–H groups in total. The second kappa shape index (κ2) is 8.96. The summed E-state index contributed by atoms with van der Waals surface area (Å²) in [5.74, 6) is 0. The third-order valence-electron chi connectivity index (χ3n) is 3.29. The summed E-state index contributed by atoms with van der Waals surface area (Å²) in [6, 6.07) is 0. The molecule has 0 aromatic rings. The summed E-state index contributed by atoms with van der Waals surface area (Å²) < 4.78 is 16.8. The second-order valence-electron chi connectivity index (χ2n) is 4.16. The van der Waals surface area contributed by atoms with Crippen LogP contribution in [-0.4, -0.2) is 42.8 Å². The summed E-state index contributed by atoms with van der Waals surface area (Å²) in [7, 11) is 1.80. The Bertz CT molecular complexity index is 317. The fourth-order valence-electron chi connectivity index (χ4n) is 2.46. The van der Waals surface area contributed by atoms with Gasteiger partial charge in [-0.25, -0.2) is 9.79 Å². The van der Waals surface area contributed by atoms with E-state index >= 15 is 0 Å². The van der Waals surface area contributed by atoms with Crippen LogP contribution in [0.3, 0.4) is 0 Å². The predicted octanol–water partition coefficient (Wildman–Crippen LogP) is 2.48. The Morgan fingerprint density at radius 1 is 1.16 bits per heavy atom. The Morgan fingerprint density at radius 2 is 1.63 bits per heavy atom. The van der Waals surface area contributed by atoms with Crippen LogP contribution in [0.25, 0.3) is 0 Å². The van der Waals surface area contributed by atoms with Gasteiger partial charge in [-0.15, -0.1) is 13.2 Å². The largest absolute Gasteiger partial charge is 0.507 e. The van der Waals surface area contributed by atoms with Crippen LogP contribution < -0.4 is 0 Å². The SMILES string of the molecule is C=CCC(CC=C)(CCN=C=O)[Si](OC)(OC)OC. The molecule has 0 amide bonds. The normalized spacial score (nSPS) is 11.7. The van der Waals surface area contributed by atoms with Gasteiger partial charge < -0.3 is 13.3 Å². The van der Waals surface area contributed by atoms with Crippen molar-refractivity contribution in [3.05, 3.63) is 25.3 Å². The first-order chi connectivity index (χ1) is 9.11. The Hall–Kier alpha value is -1.04. The third kappa shape index (κ3) is 3.96. The summed E-state index contributed by atoms with van der Waals surface area (Å²) in [4.78, 5) is 13.9. The molecule has 0 bridgehead atoms. The average molecular weight is 285 g/mol. The van der Waals surface area contributed by atoms with E-state index in [2.05, 4.69) is 18.2 Å². The van der Waals surface area contributed by atoms with Crippen LogP contribution in [0.2, 0.25) is 5.04 Å². The van der Waals surface area contributed by atoms with Crippen molar-refractivity contribution >= 4 is 14.9 Å². The third-order valence-corrected chi connectivity index (χ3v) is 6.86. The summed E-state index contributed by atoms with van der Waals surface area (Å²) in [6.45, 7) is 7.91. The number of aliphatic imine (C=N–C) groups is 1. The van der Waals surface area contributed by atoms with Gasteiger partial charge in [-0.3, -0.25) is 0 Å². The minimum atomic E-state index is -2.92. The number of allylic oxidation sites excluding steroid dienone is 2. The van der Waals surface area contributed by atoms with E-state index in [1.807, 2.05) is 0 Å².